The van der Waals surface area contributed by atoms with Crippen molar-refractivity contribution in [2.45, 2.75) is 25.3 Å². The maximum Gasteiger partial charge on any atom is 0.263 e. The Morgan fingerprint density at radius 1 is 1.45 bits per heavy atom. The molecule has 0 aromatic carbocycles. The molecule has 20 heavy (non-hydrogen) atoms. The fourth-order valence-corrected chi connectivity index (χ4v) is 4.58. The van der Waals surface area contributed by atoms with Gasteiger partial charge in [-0.1, -0.05) is 6.07 Å². The molecule has 2 heterocycles. The third kappa shape index (κ3) is 2.75. The van der Waals surface area contributed by atoms with Crippen molar-refractivity contribution in [2.75, 3.05) is 19.3 Å². The van der Waals surface area contributed by atoms with Crippen molar-refractivity contribution >= 4 is 27.3 Å². The van der Waals surface area contributed by atoms with Gasteiger partial charge in [0.05, 0.1) is 11.1 Å². The van der Waals surface area contributed by atoms with Crippen LogP contribution in [0.1, 0.15) is 28.9 Å². The number of thiophene rings is 1. The Balaban J connectivity index is 1.57. The highest BCUT2D eigenvalue weighted by atomic mass is 32.2. The second kappa shape index (κ2) is 4.82. The molecule has 2 aliphatic rings. The SMILES string of the molecule is CS(=O)(=O)NC1CC12CCN(C(=O)c1cccs1)CC2. The standard InChI is InChI=1S/C13H18N2O3S2/c1-20(17,18)14-11-9-13(11)4-6-15(7-5-13)12(16)10-3-2-8-19-10/h2-3,8,11,14H,4-7,9H2,1H3. The number of hydrogen-bond acceptors (Lipinski definition) is 4. The Morgan fingerprint density at radius 2 is 2.15 bits per heavy atom. The fourth-order valence-electron chi connectivity index (χ4n) is 3.04. The van der Waals surface area contributed by atoms with Gasteiger partial charge >= 0.3 is 0 Å². The Kier molecular flexibility index (Phi) is 3.38. The molecule has 1 aliphatic heterocycles. The van der Waals surface area contributed by atoms with Crippen LogP contribution in [0, 0.1) is 5.41 Å². The van der Waals surface area contributed by atoms with Crippen molar-refractivity contribution in [1.29, 1.82) is 0 Å². The van der Waals surface area contributed by atoms with E-state index >= 15 is 0 Å². The predicted octanol–water partition coefficient (Wildman–Crippen LogP) is 1.29. The van der Waals surface area contributed by atoms with Crippen LogP contribution in [-0.2, 0) is 10.0 Å². The third-order valence-electron chi connectivity index (χ3n) is 4.32. The number of piperidine rings is 1. The lowest BCUT2D eigenvalue weighted by molar-refractivity contribution is 0.0679. The van der Waals surface area contributed by atoms with E-state index < -0.39 is 10.0 Å². The van der Waals surface area contributed by atoms with Gasteiger partial charge in [-0.3, -0.25) is 4.79 Å². The van der Waals surface area contributed by atoms with Gasteiger partial charge in [-0.2, -0.15) is 0 Å². The first-order valence-electron chi connectivity index (χ1n) is 6.70. The summed E-state index contributed by atoms with van der Waals surface area (Å²) in [6, 6.07) is 3.80. The van der Waals surface area contributed by atoms with Gasteiger partial charge in [0, 0.05) is 19.1 Å². The van der Waals surface area contributed by atoms with Crippen molar-refractivity contribution in [3.05, 3.63) is 22.4 Å². The Hall–Kier alpha value is -0.920. The molecular weight excluding hydrogens is 296 g/mol. The van der Waals surface area contributed by atoms with Gasteiger partial charge in [-0.15, -0.1) is 11.3 Å². The van der Waals surface area contributed by atoms with Crippen molar-refractivity contribution in [3.8, 4) is 0 Å². The van der Waals surface area contributed by atoms with Crippen molar-refractivity contribution in [1.82, 2.24) is 9.62 Å². The van der Waals surface area contributed by atoms with E-state index in [0.717, 1.165) is 37.2 Å². The van der Waals surface area contributed by atoms with Crippen LogP contribution in [-0.4, -0.2) is 44.6 Å². The van der Waals surface area contributed by atoms with Crippen LogP contribution >= 0.6 is 11.3 Å². The van der Waals surface area contributed by atoms with Gasteiger partial charge in [-0.25, -0.2) is 13.1 Å². The Labute approximate surface area is 123 Å². The van der Waals surface area contributed by atoms with Gasteiger partial charge in [0.15, 0.2) is 0 Å². The number of amides is 1. The van der Waals surface area contributed by atoms with Crippen LogP contribution in [0.5, 0.6) is 0 Å². The summed E-state index contributed by atoms with van der Waals surface area (Å²) in [5, 5.41) is 1.91. The molecule has 1 aliphatic carbocycles. The maximum absolute atomic E-state index is 12.2. The van der Waals surface area contributed by atoms with E-state index in [2.05, 4.69) is 4.72 Å². The van der Waals surface area contributed by atoms with E-state index in [1.54, 1.807) is 0 Å². The minimum Gasteiger partial charge on any atom is -0.338 e. The molecule has 1 aromatic heterocycles. The average Bonchev–Trinajstić information content (AvgIpc) is 2.81. The number of carbonyl (C=O) groups is 1. The van der Waals surface area contributed by atoms with Crippen LogP contribution in [0.15, 0.2) is 17.5 Å². The molecule has 0 radical (unpaired) electrons. The van der Waals surface area contributed by atoms with E-state index in [1.165, 1.54) is 17.6 Å². The topological polar surface area (TPSA) is 66.5 Å². The molecule has 7 heteroatoms. The summed E-state index contributed by atoms with van der Waals surface area (Å²) in [6.07, 6.45) is 3.88. The lowest BCUT2D eigenvalue weighted by Gasteiger charge is -2.32. The number of rotatable bonds is 3. The Morgan fingerprint density at radius 3 is 2.70 bits per heavy atom. The normalized spacial score (nSPS) is 24.9. The van der Waals surface area contributed by atoms with Crippen LogP contribution in [0.4, 0.5) is 0 Å². The van der Waals surface area contributed by atoms with Crippen molar-refractivity contribution in [2.24, 2.45) is 5.41 Å². The molecule has 1 saturated carbocycles. The van der Waals surface area contributed by atoms with Crippen molar-refractivity contribution in [3.63, 3.8) is 0 Å². The average molecular weight is 314 g/mol. The number of hydrogen-bond donors (Lipinski definition) is 1. The second-order valence-electron chi connectivity index (χ2n) is 5.78. The first kappa shape index (κ1) is 14.0. The number of likely N-dealkylation sites (tertiary alicyclic amines) is 1. The summed E-state index contributed by atoms with van der Waals surface area (Å²) in [5.74, 6) is 0.100. The zero-order valence-electron chi connectivity index (χ0n) is 11.3. The predicted molar refractivity (Wildman–Crippen MR) is 78.3 cm³/mol. The third-order valence-corrected chi connectivity index (χ3v) is 5.89. The smallest absolute Gasteiger partial charge is 0.263 e. The molecule has 0 bridgehead atoms. The summed E-state index contributed by atoms with van der Waals surface area (Å²) >= 11 is 1.47. The first-order chi connectivity index (χ1) is 9.40. The molecule has 1 amide bonds. The zero-order chi connectivity index (χ0) is 14.4. The molecule has 1 N–H and O–H groups in total. The molecule has 3 rings (SSSR count). The largest absolute Gasteiger partial charge is 0.338 e. The number of nitrogens with zero attached hydrogens (tertiary/aromatic N) is 1. The molecule has 1 unspecified atom stereocenters. The highest BCUT2D eigenvalue weighted by molar-refractivity contribution is 7.88. The number of sulfonamides is 1. The van der Waals surface area contributed by atoms with E-state index in [1.807, 2.05) is 22.4 Å². The second-order valence-corrected chi connectivity index (χ2v) is 8.51. The Bertz CT molecular complexity index is 602. The van der Waals surface area contributed by atoms with Crippen LogP contribution < -0.4 is 4.72 Å². The first-order valence-corrected chi connectivity index (χ1v) is 9.47. The van der Waals surface area contributed by atoms with Gasteiger partial charge in [0.1, 0.15) is 0 Å². The monoisotopic (exact) mass is 314 g/mol. The van der Waals surface area contributed by atoms with E-state index in [-0.39, 0.29) is 17.4 Å². The van der Waals surface area contributed by atoms with Crippen molar-refractivity contribution < 1.29 is 13.2 Å². The molecule has 110 valence electrons. The van der Waals surface area contributed by atoms with Gasteiger partial charge in [0.25, 0.3) is 5.91 Å². The summed E-state index contributed by atoms with van der Waals surface area (Å²) in [6.45, 7) is 1.44. The molecule has 1 aromatic rings. The minimum absolute atomic E-state index is 0.0662. The summed E-state index contributed by atoms with van der Waals surface area (Å²) in [7, 11) is -3.13. The summed E-state index contributed by atoms with van der Waals surface area (Å²) in [5.41, 5.74) is 0.0926. The number of carbonyl (C=O) groups excluding carboxylic acids is 1. The van der Waals surface area contributed by atoms with Crippen LogP contribution in [0.3, 0.4) is 0 Å². The molecule has 1 saturated heterocycles. The van der Waals surface area contributed by atoms with Gasteiger partial charge < -0.3 is 4.90 Å². The van der Waals surface area contributed by atoms with E-state index in [9.17, 15) is 13.2 Å². The lowest BCUT2D eigenvalue weighted by atomic mass is 9.92. The quantitative estimate of drug-likeness (QED) is 0.914. The highest BCUT2D eigenvalue weighted by Crippen LogP contribution is 2.54. The van der Waals surface area contributed by atoms with Crippen LogP contribution in [0.2, 0.25) is 0 Å². The zero-order valence-corrected chi connectivity index (χ0v) is 13.0. The van der Waals surface area contributed by atoms with Crippen LogP contribution in [0.25, 0.3) is 0 Å². The van der Waals surface area contributed by atoms with Gasteiger partial charge in [0.2, 0.25) is 10.0 Å². The molecular formula is C13H18N2O3S2. The fraction of sp³-hybridized carbons (Fsp3) is 0.615. The van der Waals surface area contributed by atoms with Gasteiger partial charge in [-0.05, 0) is 36.1 Å². The lowest BCUT2D eigenvalue weighted by Crippen LogP contribution is -2.41. The van der Waals surface area contributed by atoms with E-state index in [0.29, 0.717) is 0 Å². The number of nitrogens with one attached hydrogen (secondary N) is 1. The highest BCUT2D eigenvalue weighted by Gasteiger charge is 2.56. The maximum atomic E-state index is 12.2. The summed E-state index contributed by atoms with van der Waals surface area (Å²) < 4.78 is 25.2. The summed E-state index contributed by atoms with van der Waals surface area (Å²) in [4.78, 5) is 14.9. The molecule has 1 atom stereocenters. The molecule has 1 spiro atoms. The molecule has 5 nitrogen and oxygen atoms in total. The minimum atomic E-state index is -3.13. The molecule has 2 fully saturated rings. The van der Waals surface area contributed by atoms with E-state index in [4.69, 9.17) is 0 Å².